The van der Waals surface area contributed by atoms with E-state index >= 15 is 0 Å². The van der Waals surface area contributed by atoms with Crippen LogP contribution >= 0.6 is 22.9 Å². The van der Waals surface area contributed by atoms with E-state index in [9.17, 15) is 0 Å². The second-order valence-electron chi connectivity index (χ2n) is 4.55. The molecule has 0 fully saturated rings. The molecule has 112 valence electrons. The van der Waals surface area contributed by atoms with E-state index in [-0.39, 0.29) is 0 Å². The van der Waals surface area contributed by atoms with Crippen molar-refractivity contribution in [2.45, 2.75) is 26.9 Å². The highest BCUT2D eigenvalue weighted by Crippen LogP contribution is 2.14. The van der Waals surface area contributed by atoms with Crippen molar-refractivity contribution in [3.63, 3.8) is 0 Å². The molecular weight excluding hydrogens is 304 g/mol. The molecule has 0 spiro atoms. The van der Waals surface area contributed by atoms with Crippen molar-refractivity contribution in [2.24, 2.45) is 4.99 Å². The Kier molecular flexibility index (Phi) is 6.02. The van der Waals surface area contributed by atoms with Crippen LogP contribution in [0.15, 0.2) is 35.5 Å². The lowest BCUT2D eigenvalue weighted by Crippen LogP contribution is -2.36. The number of guanidine groups is 1. The monoisotopic (exact) mass is 322 g/mol. The predicted octanol–water partition coefficient (Wildman–Crippen LogP) is 3.36. The van der Waals surface area contributed by atoms with Gasteiger partial charge in [0.15, 0.2) is 5.96 Å². The maximum Gasteiger partial charge on any atom is 0.191 e. The van der Waals surface area contributed by atoms with Gasteiger partial charge in [-0.2, -0.15) is 0 Å². The molecule has 2 aromatic heterocycles. The Morgan fingerprint density at radius 3 is 2.76 bits per heavy atom. The number of nitrogens with zero attached hydrogens (tertiary/aromatic N) is 2. The molecule has 0 aliphatic carbocycles. The third-order valence-corrected chi connectivity index (χ3v) is 4.00. The van der Waals surface area contributed by atoms with Crippen molar-refractivity contribution in [3.8, 4) is 0 Å². The summed E-state index contributed by atoms with van der Waals surface area (Å²) in [6, 6.07) is 7.98. The highest BCUT2D eigenvalue weighted by Gasteiger charge is 2.00. The zero-order valence-electron chi connectivity index (χ0n) is 12.2. The van der Waals surface area contributed by atoms with Crippen LogP contribution < -0.4 is 10.6 Å². The Balaban J connectivity index is 1.93. The third-order valence-electron chi connectivity index (χ3n) is 2.78. The molecule has 2 N–H and O–H groups in total. The fourth-order valence-corrected chi connectivity index (χ4v) is 2.70. The number of aromatic nitrogens is 1. The van der Waals surface area contributed by atoms with Gasteiger partial charge in [0, 0.05) is 22.5 Å². The number of halogens is 1. The summed E-state index contributed by atoms with van der Waals surface area (Å²) in [6.07, 6.45) is 1.75. The van der Waals surface area contributed by atoms with Crippen LogP contribution in [0.25, 0.3) is 0 Å². The van der Waals surface area contributed by atoms with Gasteiger partial charge in [-0.25, -0.2) is 9.98 Å². The second kappa shape index (κ2) is 8.00. The molecule has 2 rings (SSSR count). The number of pyridine rings is 1. The molecule has 0 aromatic carbocycles. The molecule has 0 bridgehead atoms. The standard InChI is InChI=1S/C15H19ClN4S/c1-3-17-15(20-10-13-6-4-11(2)21-13)19-9-12-5-7-14(16)18-8-12/h4-8H,3,9-10H2,1-2H3,(H2,17,19,20). The lowest BCUT2D eigenvalue weighted by Gasteiger charge is -2.10. The summed E-state index contributed by atoms with van der Waals surface area (Å²) in [6.45, 7) is 6.34. The molecule has 2 heterocycles. The van der Waals surface area contributed by atoms with Gasteiger partial charge in [0.25, 0.3) is 0 Å². The van der Waals surface area contributed by atoms with Crippen LogP contribution in [-0.4, -0.2) is 17.5 Å². The molecule has 2 aromatic rings. The molecule has 0 unspecified atom stereocenters. The summed E-state index contributed by atoms with van der Waals surface area (Å²) in [4.78, 5) is 11.2. The molecule has 0 radical (unpaired) electrons. The summed E-state index contributed by atoms with van der Waals surface area (Å²) < 4.78 is 0. The molecule has 0 saturated carbocycles. The van der Waals surface area contributed by atoms with Gasteiger partial charge in [-0.05, 0) is 37.6 Å². The highest BCUT2D eigenvalue weighted by atomic mass is 35.5. The van der Waals surface area contributed by atoms with Crippen LogP contribution in [0.1, 0.15) is 22.2 Å². The van der Waals surface area contributed by atoms with Crippen LogP contribution in [0, 0.1) is 6.92 Å². The minimum absolute atomic E-state index is 0.501. The van der Waals surface area contributed by atoms with Crippen LogP contribution in [-0.2, 0) is 13.1 Å². The van der Waals surface area contributed by atoms with Crippen LogP contribution in [0.4, 0.5) is 0 Å². The van der Waals surface area contributed by atoms with Crippen molar-refractivity contribution in [3.05, 3.63) is 50.9 Å². The summed E-state index contributed by atoms with van der Waals surface area (Å²) in [7, 11) is 0. The molecule has 0 amide bonds. The van der Waals surface area contributed by atoms with Crippen LogP contribution in [0.5, 0.6) is 0 Å². The van der Waals surface area contributed by atoms with E-state index in [1.165, 1.54) is 9.75 Å². The Hall–Kier alpha value is -1.59. The number of aliphatic imine (C=N–C) groups is 1. The van der Waals surface area contributed by atoms with Crippen LogP contribution in [0.3, 0.4) is 0 Å². The number of thiophene rings is 1. The second-order valence-corrected chi connectivity index (χ2v) is 6.31. The highest BCUT2D eigenvalue weighted by molar-refractivity contribution is 7.11. The molecule has 21 heavy (non-hydrogen) atoms. The number of rotatable bonds is 5. The van der Waals surface area contributed by atoms with Crippen molar-refractivity contribution >= 4 is 28.9 Å². The first-order chi connectivity index (χ1) is 10.2. The average Bonchev–Trinajstić information content (AvgIpc) is 2.89. The lowest BCUT2D eigenvalue weighted by atomic mass is 10.3. The summed E-state index contributed by atoms with van der Waals surface area (Å²) in [5.74, 6) is 0.804. The summed E-state index contributed by atoms with van der Waals surface area (Å²) in [5, 5.41) is 7.07. The van der Waals surface area contributed by atoms with Gasteiger partial charge in [0.05, 0.1) is 13.1 Å². The van der Waals surface area contributed by atoms with E-state index in [1.54, 1.807) is 23.6 Å². The zero-order chi connectivity index (χ0) is 15.1. The smallest absolute Gasteiger partial charge is 0.191 e. The maximum atomic E-state index is 5.77. The molecular formula is C15H19ClN4S. The van der Waals surface area contributed by atoms with E-state index < -0.39 is 0 Å². The van der Waals surface area contributed by atoms with Gasteiger partial charge in [0.2, 0.25) is 0 Å². The fraction of sp³-hybridized carbons (Fsp3) is 0.333. The molecule has 0 aliphatic rings. The van der Waals surface area contributed by atoms with Crippen molar-refractivity contribution in [1.29, 1.82) is 0 Å². The van der Waals surface area contributed by atoms with E-state index in [2.05, 4.69) is 46.6 Å². The molecule has 0 aliphatic heterocycles. The summed E-state index contributed by atoms with van der Waals surface area (Å²) in [5.41, 5.74) is 1.03. The third kappa shape index (κ3) is 5.36. The maximum absolute atomic E-state index is 5.77. The number of hydrogen-bond acceptors (Lipinski definition) is 3. The predicted molar refractivity (Wildman–Crippen MR) is 90.0 cm³/mol. The Morgan fingerprint density at radius 1 is 1.29 bits per heavy atom. The minimum Gasteiger partial charge on any atom is -0.357 e. The van der Waals surface area contributed by atoms with Crippen molar-refractivity contribution in [1.82, 2.24) is 15.6 Å². The largest absolute Gasteiger partial charge is 0.357 e. The first-order valence-corrected chi connectivity index (χ1v) is 8.04. The number of nitrogens with one attached hydrogen (secondary N) is 2. The molecule has 0 atom stereocenters. The Labute approximate surface area is 134 Å². The van der Waals surface area contributed by atoms with E-state index in [1.807, 2.05) is 6.07 Å². The van der Waals surface area contributed by atoms with E-state index in [4.69, 9.17) is 11.6 Å². The van der Waals surface area contributed by atoms with E-state index in [0.29, 0.717) is 11.7 Å². The topological polar surface area (TPSA) is 49.3 Å². The average molecular weight is 323 g/mol. The normalized spacial score (nSPS) is 11.5. The number of hydrogen-bond donors (Lipinski definition) is 2. The van der Waals surface area contributed by atoms with Crippen molar-refractivity contribution < 1.29 is 0 Å². The van der Waals surface area contributed by atoms with Gasteiger partial charge in [0.1, 0.15) is 5.15 Å². The van der Waals surface area contributed by atoms with Gasteiger partial charge in [-0.1, -0.05) is 17.7 Å². The van der Waals surface area contributed by atoms with Gasteiger partial charge < -0.3 is 10.6 Å². The molecule has 6 heteroatoms. The Bertz CT molecular complexity index is 592. The minimum atomic E-state index is 0.501. The zero-order valence-corrected chi connectivity index (χ0v) is 13.8. The Morgan fingerprint density at radius 2 is 2.14 bits per heavy atom. The molecule has 4 nitrogen and oxygen atoms in total. The number of aryl methyl sites for hydroxylation is 1. The summed E-state index contributed by atoms with van der Waals surface area (Å²) >= 11 is 7.57. The fourth-order valence-electron chi connectivity index (χ4n) is 1.76. The molecule has 0 saturated heterocycles. The lowest BCUT2D eigenvalue weighted by molar-refractivity contribution is 0.823. The quantitative estimate of drug-likeness (QED) is 0.504. The first kappa shape index (κ1) is 15.8. The van der Waals surface area contributed by atoms with Gasteiger partial charge in [-0.15, -0.1) is 11.3 Å². The van der Waals surface area contributed by atoms with Gasteiger partial charge >= 0.3 is 0 Å². The van der Waals surface area contributed by atoms with Gasteiger partial charge in [-0.3, -0.25) is 0 Å². The van der Waals surface area contributed by atoms with Crippen molar-refractivity contribution in [2.75, 3.05) is 6.54 Å². The first-order valence-electron chi connectivity index (χ1n) is 6.85. The SMILES string of the molecule is CCNC(=NCc1ccc(Cl)nc1)NCc1ccc(C)s1. The van der Waals surface area contributed by atoms with Crippen LogP contribution in [0.2, 0.25) is 5.15 Å². The van der Waals surface area contributed by atoms with E-state index in [0.717, 1.165) is 24.6 Å².